The zero-order valence-corrected chi connectivity index (χ0v) is 65.5. The van der Waals surface area contributed by atoms with E-state index in [1.54, 1.807) is 0 Å². The van der Waals surface area contributed by atoms with Crippen LogP contribution in [0.3, 0.4) is 0 Å². The summed E-state index contributed by atoms with van der Waals surface area (Å²) in [5, 5.41) is 9.26. The van der Waals surface area contributed by atoms with Gasteiger partial charge in [-0.1, -0.05) is 309 Å². The summed E-state index contributed by atoms with van der Waals surface area (Å²) in [6.45, 7) is 0. The Labute approximate surface area is 695 Å². The average Bonchev–Trinajstić information content (AvgIpc) is 1.58. The Hall–Kier alpha value is -16.0. The van der Waals surface area contributed by atoms with E-state index in [1.807, 2.05) is 12.1 Å². The summed E-state index contributed by atoms with van der Waals surface area (Å²) in [5.41, 5.74) is 33.1. The van der Waals surface area contributed by atoms with Crippen LogP contribution in [-0.4, -0.2) is 9.13 Å². The van der Waals surface area contributed by atoms with Gasteiger partial charge in [0, 0.05) is 99.7 Å². The smallest absolute Gasteiger partial charge is 0.143 e. The first-order chi connectivity index (χ1) is 59.5. The van der Waals surface area contributed by atoms with Crippen LogP contribution in [0.1, 0.15) is 0 Å². The van der Waals surface area contributed by atoms with E-state index in [-0.39, 0.29) is 0 Å². The van der Waals surface area contributed by atoms with Crippen molar-refractivity contribution in [3.05, 3.63) is 461 Å². The Morgan fingerprint density at radius 3 is 0.875 bits per heavy atom. The van der Waals surface area contributed by atoms with Crippen molar-refractivity contribution in [1.29, 1.82) is 0 Å². The summed E-state index contributed by atoms with van der Waals surface area (Å²) in [6.07, 6.45) is 0. The van der Waals surface area contributed by atoms with Gasteiger partial charge in [0.1, 0.15) is 22.3 Å². The molecule has 4 aromatic heterocycles. The molecule has 0 atom stereocenters. The Kier molecular flexibility index (Phi) is 17.8. The van der Waals surface area contributed by atoms with E-state index in [0.29, 0.717) is 0 Å². The third kappa shape index (κ3) is 12.9. The van der Waals surface area contributed by atoms with Crippen LogP contribution >= 0.6 is 0 Å². The fourth-order valence-electron chi connectivity index (χ4n) is 17.8. The number of benzene rings is 19. The Morgan fingerprint density at radius 1 is 0.158 bits per heavy atom. The number of aromatic nitrogens is 2. The lowest BCUT2D eigenvalue weighted by Gasteiger charge is -2.27. The highest BCUT2D eigenvalue weighted by Crippen LogP contribution is 2.48. The summed E-state index contributed by atoms with van der Waals surface area (Å²) in [4.78, 5) is 4.71. The Morgan fingerprint density at radius 2 is 0.442 bits per heavy atom. The van der Waals surface area contributed by atoms with Crippen molar-refractivity contribution in [2.45, 2.75) is 0 Å². The van der Waals surface area contributed by atoms with E-state index >= 15 is 0 Å². The van der Waals surface area contributed by atoms with Crippen molar-refractivity contribution in [3.8, 4) is 89.3 Å². The van der Waals surface area contributed by atoms with E-state index in [1.165, 1.54) is 82.6 Å². The van der Waals surface area contributed by atoms with Crippen molar-refractivity contribution in [3.63, 3.8) is 0 Å². The molecule has 19 aromatic carbocycles. The normalized spacial score (nSPS) is 11.5. The predicted molar refractivity (Wildman–Crippen MR) is 504 cm³/mol. The van der Waals surface area contributed by atoms with Gasteiger partial charge in [0.2, 0.25) is 0 Å². The SMILES string of the molecule is c1ccc(-c2ccc(N(c3ccc(-c4ccccc4)cc3)c3cc(-c4ccc5c(c4)c4ccccc4n5-c4ccccc4)c4oc5ccccc5c4c3)cc2)cc1.c1ccc(-c2ccc(N(c3ccc(-c4ccccc4)cc3)c3ccc(-c4cc(-c5ccc6c7ccccc7n(-c7ccccc7)c6c5)c5oc6ccccc6c5c4)cc3)cc2)cc1. The maximum Gasteiger partial charge on any atom is 0.143 e. The predicted octanol–water partition coefficient (Wildman–Crippen LogP) is 32.0. The van der Waals surface area contributed by atoms with Gasteiger partial charge in [-0.05, 0) is 218 Å². The standard InChI is InChI=1S/C60H40N2O.C54H36N2O/c1-4-14-41(15-5-1)43-24-31-49(32-25-43)61(50-33-26-44(27-34-50)42-16-6-2-7-17-42)51-35-28-45(29-36-51)47-38-55(60-56(39-47)54-21-11-13-23-59(54)63-60)46-30-37-53-52-20-10-12-22-57(52)62(58(53)40-46)48-18-8-3-9-19-48;1-4-14-37(15-5-1)39-24-29-43(30-25-39)55(44-31-26-40(27-32-44)38-16-6-2-7-17-38)45-35-48(54-50(36-45)47-21-11-13-23-53(47)57-54)41-28-33-52-49(34-41)46-20-10-12-22-51(46)56(52)42-18-8-3-9-19-42/h1-40H;1-36H. The Balaban J connectivity index is 0.000000145. The topological polar surface area (TPSA) is 42.6 Å². The Bertz CT molecular complexity index is 7530. The van der Waals surface area contributed by atoms with E-state index in [4.69, 9.17) is 8.83 Å². The van der Waals surface area contributed by atoms with Crippen molar-refractivity contribution in [1.82, 2.24) is 9.13 Å². The summed E-state index contributed by atoms with van der Waals surface area (Å²) >= 11 is 0. The number of nitrogens with zero attached hydrogens (tertiary/aromatic N) is 4. The lowest BCUT2D eigenvalue weighted by Crippen LogP contribution is -2.10. The minimum absolute atomic E-state index is 0.874. The molecule has 0 aliphatic rings. The quantitative estimate of drug-likeness (QED) is 0.103. The molecule has 6 nitrogen and oxygen atoms in total. The van der Waals surface area contributed by atoms with Crippen molar-refractivity contribution >= 4 is 122 Å². The fourth-order valence-corrected chi connectivity index (χ4v) is 17.8. The average molecular weight is 1530 g/mol. The van der Waals surface area contributed by atoms with Crippen LogP contribution in [0.25, 0.3) is 177 Å². The van der Waals surface area contributed by atoms with Crippen LogP contribution < -0.4 is 9.80 Å². The molecule has 0 unspecified atom stereocenters. The molecule has 23 aromatic rings. The van der Waals surface area contributed by atoms with Gasteiger partial charge in [-0.3, -0.25) is 0 Å². The molecule has 0 fully saturated rings. The lowest BCUT2D eigenvalue weighted by molar-refractivity contribution is 0.669. The van der Waals surface area contributed by atoms with Crippen molar-refractivity contribution < 1.29 is 8.83 Å². The zero-order valence-electron chi connectivity index (χ0n) is 65.5. The molecule has 0 amide bonds. The van der Waals surface area contributed by atoms with E-state index < -0.39 is 0 Å². The molecular formula is C114H76N4O2. The number of furan rings is 2. The first-order valence-corrected chi connectivity index (χ1v) is 40.9. The molecular weight excluding hydrogens is 1460 g/mol. The fraction of sp³-hybridized carbons (Fsp3) is 0. The molecule has 6 heteroatoms. The molecule has 0 aliphatic carbocycles. The number of rotatable bonds is 15. The molecule has 23 rings (SSSR count). The second kappa shape index (κ2) is 30.3. The summed E-state index contributed by atoms with van der Waals surface area (Å²) in [6, 6.07) is 165. The van der Waals surface area contributed by atoms with Crippen LogP contribution in [-0.2, 0) is 0 Å². The summed E-state index contributed by atoms with van der Waals surface area (Å²) < 4.78 is 18.2. The van der Waals surface area contributed by atoms with Gasteiger partial charge >= 0.3 is 0 Å². The van der Waals surface area contributed by atoms with Crippen LogP contribution in [0.15, 0.2) is 470 Å². The minimum atomic E-state index is 0.874. The minimum Gasteiger partial charge on any atom is -0.455 e. The first-order valence-electron chi connectivity index (χ1n) is 40.9. The molecule has 564 valence electrons. The zero-order chi connectivity index (χ0) is 79.4. The molecule has 0 bridgehead atoms. The van der Waals surface area contributed by atoms with E-state index in [0.717, 1.165) is 128 Å². The number of para-hydroxylation sites is 6. The number of anilines is 6. The van der Waals surface area contributed by atoms with Gasteiger partial charge in [0.15, 0.2) is 0 Å². The molecule has 0 aliphatic heterocycles. The molecule has 0 saturated heterocycles. The van der Waals surface area contributed by atoms with Crippen molar-refractivity contribution in [2.24, 2.45) is 0 Å². The van der Waals surface area contributed by atoms with Crippen LogP contribution in [0.4, 0.5) is 34.1 Å². The highest BCUT2D eigenvalue weighted by molar-refractivity contribution is 6.17. The second-order valence-corrected chi connectivity index (χ2v) is 30.7. The van der Waals surface area contributed by atoms with Crippen molar-refractivity contribution in [2.75, 3.05) is 9.80 Å². The van der Waals surface area contributed by atoms with Gasteiger partial charge in [-0.25, -0.2) is 0 Å². The maximum atomic E-state index is 6.76. The number of fused-ring (bicyclic) bond motifs is 12. The van der Waals surface area contributed by atoms with Gasteiger partial charge in [-0.15, -0.1) is 0 Å². The van der Waals surface area contributed by atoms with E-state index in [2.05, 4.69) is 468 Å². The molecule has 0 saturated carbocycles. The lowest BCUT2D eigenvalue weighted by atomic mass is 9.95. The van der Waals surface area contributed by atoms with Crippen LogP contribution in [0.5, 0.6) is 0 Å². The first kappa shape index (κ1) is 70.6. The third-order valence-corrected chi connectivity index (χ3v) is 23.6. The van der Waals surface area contributed by atoms with Gasteiger partial charge in [0.05, 0.1) is 22.1 Å². The maximum absolute atomic E-state index is 6.76. The molecule has 120 heavy (non-hydrogen) atoms. The van der Waals surface area contributed by atoms with Gasteiger partial charge in [-0.2, -0.15) is 0 Å². The summed E-state index contributed by atoms with van der Waals surface area (Å²) in [5.74, 6) is 0. The van der Waals surface area contributed by atoms with Crippen LogP contribution in [0.2, 0.25) is 0 Å². The highest BCUT2D eigenvalue weighted by atomic mass is 16.3. The van der Waals surface area contributed by atoms with Gasteiger partial charge < -0.3 is 27.8 Å². The number of hydrogen-bond donors (Lipinski definition) is 0. The van der Waals surface area contributed by atoms with Gasteiger partial charge in [0.25, 0.3) is 0 Å². The second-order valence-electron chi connectivity index (χ2n) is 30.7. The summed E-state index contributed by atoms with van der Waals surface area (Å²) in [7, 11) is 0. The molecule has 0 N–H and O–H groups in total. The van der Waals surface area contributed by atoms with E-state index in [9.17, 15) is 0 Å². The third-order valence-electron chi connectivity index (χ3n) is 23.6. The highest BCUT2D eigenvalue weighted by Gasteiger charge is 2.25. The monoisotopic (exact) mass is 1530 g/mol. The number of hydrogen-bond acceptors (Lipinski definition) is 4. The largest absolute Gasteiger partial charge is 0.455 e. The molecule has 0 radical (unpaired) electrons. The van der Waals surface area contributed by atoms with Crippen LogP contribution in [0, 0.1) is 0 Å². The molecule has 0 spiro atoms. The molecule has 4 heterocycles.